The number of nitrogens with zero attached hydrogens (tertiary/aromatic N) is 4. The second-order valence-electron chi connectivity index (χ2n) is 9.78. The zero-order valence-electron chi connectivity index (χ0n) is 21.1. The zero-order chi connectivity index (χ0) is 25.5. The van der Waals surface area contributed by atoms with Gasteiger partial charge in [0.25, 0.3) is 0 Å². The van der Waals surface area contributed by atoms with E-state index in [2.05, 4.69) is 40.9 Å². The van der Waals surface area contributed by atoms with Crippen LogP contribution < -0.4 is 15.6 Å². The molecular formula is C30H30ClN5O. The van der Waals surface area contributed by atoms with Crippen LogP contribution in [0.2, 0.25) is 5.02 Å². The van der Waals surface area contributed by atoms with E-state index in [4.69, 9.17) is 21.6 Å². The van der Waals surface area contributed by atoms with Gasteiger partial charge in [-0.2, -0.15) is 0 Å². The van der Waals surface area contributed by atoms with Gasteiger partial charge >= 0.3 is 0 Å². The van der Waals surface area contributed by atoms with Gasteiger partial charge < -0.3 is 19.9 Å². The summed E-state index contributed by atoms with van der Waals surface area (Å²) in [6.07, 6.45) is 2.28. The van der Waals surface area contributed by atoms with Crippen molar-refractivity contribution in [2.75, 3.05) is 31.6 Å². The zero-order valence-corrected chi connectivity index (χ0v) is 21.8. The third kappa shape index (κ3) is 4.41. The summed E-state index contributed by atoms with van der Waals surface area (Å²) in [6.45, 7) is 5.58. The van der Waals surface area contributed by atoms with Gasteiger partial charge in [-0.25, -0.2) is 9.98 Å². The predicted molar refractivity (Wildman–Crippen MR) is 150 cm³/mol. The summed E-state index contributed by atoms with van der Waals surface area (Å²) in [6, 6.07) is 22.3. The lowest BCUT2D eigenvalue weighted by atomic mass is 9.96. The first-order valence-electron chi connectivity index (χ1n) is 12.8. The van der Waals surface area contributed by atoms with E-state index in [0.29, 0.717) is 22.4 Å². The molecule has 0 aliphatic carbocycles. The molecule has 1 saturated heterocycles. The first-order chi connectivity index (χ1) is 18.0. The molecule has 4 aromatic rings. The third-order valence-corrected chi connectivity index (χ3v) is 7.88. The predicted octanol–water partition coefficient (Wildman–Crippen LogP) is 5.12. The molecule has 0 spiro atoms. The average Bonchev–Trinajstić information content (AvgIpc) is 3.49. The molecule has 0 radical (unpaired) electrons. The van der Waals surface area contributed by atoms with Crippen LogP contribution in [0.1, 0.15) is 30.9 Å². The number of rotatable bonds is 5. The van der Waals surface area contributed by atoms with Gasteiger partial charge in [0.1, 0.15) is 0 Å². The maximum absolute atomic E-state index is 11.2. The van der Waals surface area contributed by atoms with Crippen LogP contribution in [0.4, 0.5) is 5.69 Å². The Morgan fingerprint density at radius 1 is 1.03 bits per heavy atom. The number of aromatic nitrogens is 1. The molecule has 1 fully saturated rings. The van der Waals surface area contributed by atoms with Crippen molar-refractivity contribution in [1.82, 2.24) is 9.88 Å². The molecule has 188 valence electrons. The van der Waals surface area contributed by atoms with Gasteiger partial charge in [-0.1, -0.05) is 42.8 Å². The van der Waals surface area contributed by atoms with Crippen LogP contribution >= 0.6 is 11.6 Å². The third-order valence-electron chi connectivity index (χ3n) is 7.64. The maximum Gasteiger partial charge on any atom is 0.197 e. The fourth-order valence-corrected chi connectivity index (χ4v) is 5.71. The molecule has 0 bridgehead atoms. The first-order valence-corrected chi connectivity index (χ1v) is 13.2. The van der Waals surface area contributed by atoms with Crippen LogP contribution in [0.25, 0.3) is 16.5 Å². The molecule has 2 aliphatic rings. The van der Waals surface area contributed by atoms with Crippen molar-refractivity contribution in [1.29, 1.82) is 0 Å². The molecule has 3 heterocycles. The first kappa shape index (κ1) is 23.8. The number of aromatic amines is 1. The summed E-state index contributed by atoms with van der Waals surface area (Å²) in [5.41, 5.74) is 4.27. The van der Waals surface area contributed by atoms with E-state index in [1.807, 2.05) is 54.6 Å². The summed E-state index contributed by atoms with van der Waals surface area (Å²) in [4.78, 5) is 17.7. The average molecular weight is 512 g/mol. The molecule has 0 amide bonds. The number of halogens is 1. The Kier molecular flexibility index (Phi) is 6.22. The number of H-pyrrole nitrogens is 1. The number of hydrogen-bond acceptors (Lipinski definition) is 5. The molecule has 37 heavy (non-hydrogen) atoms. The Balaban J connectivity index is 1.50. The van der Waals surface area contributed by atoms with E-state index < -0.39 is 0 Å². The van der Waals surface area contributed by atoms with E-state index in [1.165, 1.54) is 0 Å². The van der Waals surface area contributed by atoms with Gasteiger partial charge in [-0.05, 0) is 67.4 Å². The number of nitrogens with one attached hydrogen (secondary N) is 1. The summed E-state index contributed by atoms with van der Waals surface area (Å²) in [5, 5.41) is 14.4. The second kappa shape index (κ2) is 9.69. The normalized spacial score (nSPS) is 15.9. The number of piperidine rings is 1. The summed E-state index contributed by atoms with van der Waals surface area (Å²) in [7, 11) is 2.17. The van der Waals surface area contributed by atoms with Crippen LogP contribution in [-0.4, -0.2) is 47.7 Å². The van der Waals surface area contributed by atoms with Gasteiger partial charge in [-0.3, -0.25) is 0 Å². The van der Waals surface area contributed by atoms with E-state index in [9.17, 15) is 5.11 Å². The van der Waals surface area contributed by atoms with E-state index in [-0.39, 0.29) is 5.88 Å². The quantitative estimate of drug-likeness (QED) is 0.391. The van der Waals surface area contributed by atoms with Gasteiger partial charge in [0.15, 0.2) is 11.7 Å². The van der Waals surface area contributed by atoms with Crippen molar-refractivity contribution in [2.45, 2.75) is 25.8 Å². The number of likely N-dealkylation sites (tertiary alicyclic amines) is 1. The Bertz CT molecular complexity index is 1590. The van der Waals surface area contributed by atoms with E-state index in [1.54, 1.807) is 0 Å². The minimum Gasteiger partial charge on any atom is -0.494 e. The summed E-state index contributed by atoms with van der Waals surface area (Å²) >= 11 is 6.41. The summed E-state index contributed by atoms with van der Waals surface area (Å²) in [5.74, 6) is 0.653. The lowest BCUT2D eigenvalue weighted by molar-refractivity contribution is 0.221. The molecule has 7 heteroatoms. The molecule has 3 aromatic carbocycles. The second-order valence-corrected chi connectivity index (χ2v) is 10.2. The van der Waals surface area contributed by atoms with E-state index in [0.717, 1.165) is 70.9 Å². The molecule has 6 nitrogen and oxygen atoms in total. The largest absolute Gasteiger partial charge is 0.494 e. The molecule has 6 rings (SSSR count). The van der Waals surface area contributed by atoms with Crippen LogP contribution in [0.3, 0.4) is 0 Å². The number of hydrogen-bond donors (Lipinski definition) is 2. The Labute approximate surface area is 221 Å². The van der Waals surface area contributed by atoms with Crippen molar-refractivity contribution in [3.8, 4) is 5.88 Å². The maximum atomic E-state index is 11.2. The Morgan fingerprint density at radius 3 is 2.43 bits per heavy atom. The fourth-order valence-electron chi connectivity index (χ4n) is 5.52. The van der Waals surface area contributed by atoms with Crippen LogP contribution in [0.15, 0.2) is 82.5 Å². The fraction of sp³-hybridized carbons (Fsp3) is 0.267. The molecule has 2 N–H and O–H groups in total. The highest BCUT2D eigenvalue weighted by Gasteiger charge is 2.25. The SMILES string of the molecule is CCN1CCC(N(C)c2ccc3[nH]c(O)c(C(=C4N=c5ccccc5=N4)c4cccc(Cl)c4)c3c2)CC1. The molecule has 0 unspecified atom stereocenters. The summed E-state index contributed by atoms with van der Waals surface area (Å²) < 4.78 is 0. The lowest BCUT2D eigenvalue weighted by Crippen LogP contribution is -2.43. The standard InChI is InChI=1S/C30H30ClN5O/c1-3-36-15-13-21(14-16-36)35(2)22-11-12-24-23(18-22)28(30(37)34-24)27(19-7-6-8-20(31)17-19)29-32-25-9-4-5-10-26(25)33-29/h4-12,17-18,21,34,37H,3,13-16H2,1-2H3. The minimum atomic E-state index is 0.0925. The Morgan fingerprint density at radius 2 is 1.76 bits per heavy atom. The van der Waals surface area contributed by atoms with Gasteiger partial charge in [-0.15, -0.1) is 0 Å². The smallest absolute Gasteiger partial charge is 0.197 e. The van der Waals surface area contributed by atoms with Crippen molar-refractivity contribution in [3.05, 3.63) is 99.4 Å². The number of para-hydroxylation sites is 2. The highest BCUT2D eigenvalue weighted by atomic mass is 35.5. The van der Waals surface area contributed by atoms with Crippen molar-refractivity contribution >= 4 is 33.8 Å². The van der Waals surface area contributed by atoms with Crippen LogP contribution in [0, 0.1) is 0 Å². The molecule has 1 aromatic heterocycles. The topological polar surface area (TPSA) is 67.2 Å². The number of fused-ring (bicyclic) bond motifs is 2. The van der Waals surface area contributed by atoms with Gasteiger partial charge in [0.05, 0.1) is 16.3 Å². The van der Waals surface area contributed by atoms with E-state index >= 15 is 0 Å². The van der Waals surface area contributed by atoms with Crippen LogP contribution in [-0.2, 0) is 0 Å². The number of aromatic hydroxyl groups is 1. The number of benzene rings is 3. The van der Waals surface area contributed by atoms with Crippen LogP contribution in [0.5, 0.6) is 5.88 Å². The molecule has 0 atom stereocenters. The molecule has 0 saturated carbocycles. The van der Waals surface area contributed by atoms with Gasteiger partial charge in [0.2, 0.25) is 0 Å². The monoisotopic (exact) mass is 511 g/mol. The number of anilines is 1. The van der Waals surface area contributed by atoms with Crippen molar-refractivity contribution < 1.29 is 5.11 Å². The van der Waals surface area contributed by atoms with Crippen molar-refractivity contribution in [2.24, 2.45) is 9.98 Å². The lowest BCUT2D eigenvalue weighted by Gasteiger charge is -2.37. The van der Waals surface area contributed by atoms with Crippen molar-refractivity contribution in [3.63, 3.8) is 0 Å². The molecule has 2 aliphatic heterocycles. The molecular weight excluding hydrogens is 482 g/mol. The van der Waals surface area contributed by atoms with Gasteiger partial charge in [0, 0.05) is 53.4 Å². The Hall–Kier alpha value is -3.61. The highest BCUT2D eigenvalue weighted by molar-refractivity contribution is 6.30. The highest BCUT2D eigenvalue weighted by Crippen LogP contribution is 2.41. The minimum absolute atomic E-state index is 0.0925.